The SMILES string of the molecule is C1=CNC2NCCNC2=C1. The topological polar surface area (TPSA) is 36.1 Å². The zero-order valence-corrected chi connectivity index (χ0v) is 5.72. The monoisotopic (exact) mass is 137 g/mol. The molecule has 2 aliphatic rings. The van der Waals surface area contributed by atoms with Gasteiger partial charge in [0.15, 0.2) is 0 Å². The first-order valence-corrected chi connectivity index (χ1v) is 3.57. The van der Waals surface area contributed by atoms with Gasteiger partial charge in [-0.1, -0.05) is 0 Å². The molecule has 0 radical (unpaired) electrons. The van der Waals surface area contributed by atoms with Crippen LogP contribution < -0.4 is 16.0 Å². The Kier molecular flexibility index (Phi) is 1.36. The van der Waals surface area contributed by atoms with Crippen LogP contribution in [0.5, 0.6) is 0 Å². The van der Waals surface area contributed by atoms with Crippen molar-refractivity contribution >= 4 is 0 Å². The highest BCUT2D eigenvalue weighted by atomic mass is 15.2. The Hall–Kier alpha value is -0.960. The second-order valence-corrected chi connectivity index (χ2v) is 2.46. The smallest absolute Gasteiger partial charge is 0.118 e. The van der Waals surface area contributed by atoms with Crippen LogP contribution in [0.2, 0.25) is 0 Å². The third-order valence-electron chi connectivity index (χ3n) is 1.75. The summed E-state index contributed by atoms with van der Waals surface area (Å²) in [5.74, 6) is 0. The van der Waals surface area contributed by atoms with Crippen LogP contribution in [0.3, 0.4) is 0 Å². The van der Waals surface area contributed by atoms with E-state index in [0.29, 0.717) is 6.17 Å². The van der Waals surface area contributed by atoms with Crippen molar-refractivity contribution in [3.63, 3.8) is 0 Å². The van der Waals surface area contributed by atoms with Gasteiger partial charge in [0.2, 0.25) is 0 Å². The lowest BCUT2D eigenvalue weighted by molar-refractivity contribution is 0.446. The fourth-order valence-electron chi connectivity index (χ4n) is 1.24. The maximum atomic E-state index is 3.33. The van der Waals surface area contributed by atoms with E-state index in [2.05, 4.69) is 22.0 Å². The molecule has 0 bridgehead atoms. The summed E-state index contributed by atoms with van der Waals surface area (Å²) in [6, 6.07) is 0. The zero-order chi connectivity index (χ0) is 6.81. The third kappa shape index (κ3) is 0.885. The van der Waals surface area contributed by atoms with E-state index >= 15 is 0 Å². The summed E-state index contributed by atoms with van der Waals surface area (Å²) in [5, 5.41) is 9.83. The van der Waals surface area contributed by atoms with Gasteiger partial charge >= 0.3 is 0 Å². The molecule has 0 aromatic heterocycles. The second-order valence-electron chi connectivity index (χ2n) is 2.46. The summed E-state index contributed by atoms with van der Waals surface area (Å²) in [7, 11) is 0. The molecule has 54 valence electrons. The minimum absolute atomic E-state index is 0.318. The van der Waals surface area contributed by atoms with E-state index in [-0.39, 0.29) is 0 Å². The molecular formula is C7H11N3. The van der Waals surface area contributed by atoms with E-state index in [1.807, 2.05) is 12.3 Å². The Morgan fingerprint density at radius 3 is 3.30 bits per heavy atom. The van der Waals surface area contributed by atoms with Crippen molar-refractivity contribution in [3.8, 4) is 0 Å². The van der Waals surface area contributed by atoms with Crippen LogP contribution in [-0.4, -0.2) is 19.3 Å². The molecule has 2 heterocycles. The van der Waals surface area contributed by atoms with Crippen molar-refractivity contribution in [1.82, 2.24) is 16.0 Å². The fraction of sp³-hybridized carbons (Fsp3) is 0.429. The Morgan fingerprint density at radius 1 is 1.40 bits per heavy atom. The van der Waals surface area contributed by atoms with Crippen LogP contribution in [0.4, 0.5) is 0 Å². The highest BCUT2D eigenvalue weighted by Gasteiger charge is 2.16. The Balaban J connectivity index is 2.14. The van der Waals surface area contributed by atoms with Gasteiger partial charge in [-0.25, -0.2) is 0 Å². The molecule has 10 heavy (non-hydrogen) atoms. The second kappa shape index (κ2) is 2.34. The fourth-order valence-corrected chi connectivity index (χ4v) is 1.24. The van der Waals surface area contributed by atoms with E-state index in [9.17, 15) is 0 Å². The predicted octanol–water partition coefficient (Wildman–Crippen LogP) is -0.494. The predicted molar refractivity (Wildman–Crippen MR) is 40.2 cm³/mol. The van der Waals surface area contributed by atoms with Crippen molar-refractivity contribution in [2.24, 2.45) is 0 Å². The van der Waals surface area contributed by atoms with E-state index < -0.39 is 0 Å². The average Bonchev–Trinajstić information content (AvgIpc) is 2.05. The standard InChI is InChI=1S/C7H11N3/c1-2-6-7(9-3-1)10-5-4-8-6/h1-3,7-10H,4-5H2. The lowest BCUT2D eigenvalue weighted by Gasteiger charge is -2.29. The first-order chi connectivity index (χ1) is 4.97. The Bertz CT molecular complexity index is 183. The quantitative estimate of drug-likeness (QED) is 0.421. The molecule has 1 atom stereocenters. The number of rotatable bonds is 0. The number of allylic oxidation sites excluding steroid dienone is 2. The summed E-state index contributed by atoms with van der Waals surface area (Å²) in [6.45, 7) is 2.06. The van der Waals surface area contributed by atoms with Crippen molar-refractivity contribution < 1.29 is 0 Å². The number of piperazine rings is 1. The number of hydrogen-bond donors (Lipinski definition) is 3. The average molecular weight is 137 g/mol. The lowest BCUT2D eigenvalue weighted by atomic mass is 10.2. The molecule has 1 unspecified atom stereocenters. The van der Waals surface area contributed by atoms with Crippen LogP contribution in [0.15, 0.2) is 24.0 Å². The summed E-state index contributed by atoms with van der Waals surface area (Å²) in [6.07, 6.45) is 6.37. The summed E-state index contributed by atoms with van der Waals surface area (Å²) in [4.78, 5) is 0. The number of hydrogen-bond acceptors (Lipinski definition) is 3. The van der Waals surface area contributed by atoms with Gasteiger partial charge < -0.3 is 10.6 Å². The van der Waals surface area contributed by atoms with E-state index in [1.165, 1.54) is 5.70 Å². The maximum Gasteiger partial charge on any atom is 0.118 e. The van der Waals surface area contributed by atoms with Crippen LogP contribution in [0.25, 0.3) is 0 Å². The Morgan fingerprint density at radius 2 is 2.40 bits per heavy atom. The summed E-state index contributed by atoms with van der Waals surface area (Å²) >= 11 is 0. The molecule has 1 saturated heterocycles. The molecule has 3 nitrogen and oxygen atoms in total. The first-order valence-electron chi connectivity index (χ1n) is 3.57. The van der Waals surface area contributed by atoms with E-state index in [4.69, 9.17) is 0 Å². The maximum absolute atomic E-state index is 3.33. The van der Waals surface area contributed by atoms with Crippen LogP contribution in [0.1, 0.15) is 0 Å². The van der Waals surface area contributed by atoms with Gasteiger partial charge in [0.1, 0.15) is 6.17 Å². The number of dihydropyridines is 1. The van der Waals surface area contributed by atoms with Gasteiger partial charge in [0, 0.05) is 18.8 Å². The molecule has 3 heteroatoms. The minimum Gasteiger partial charge on any atom is -0.384 e. The molecule has 2 aliphatic heterocycles. The van der Waals surface area contributed by atoms with Crippen molar-refractivity contribution in [2.45, 2.75) is 6.17 Å². The number of fused-ring (bicyclic) bond motifs is 1. The van der Waals surface area contributed by atoms with Gasteiger partial charge in [0.05, 0.1) is 0 Å². The van der Waals surface area contributed by atoms with Crippen LogP contribution >= 0.6 is 0 Å². The molecule has 0 amide bonds. The molecule has 1 fully saturated rings. The normalized spacial score (nSPS) is 29.6. The van der Waals surface area contributed by atoms with E-state index in [0.717, 1.165) is 13.1 Å². The molecular weight excluding hydrogens is 126 g/mol. The minimum atomic E-state index is 0.318. The highest BCUT2D eigenvalue weighted by Crippen LogP contribution is 2.03. The molecule has 3 N–H and O–H groups in total. The summed E-state index contributed by atoms with van der Waals surface area (Å²) in [5.41, 5.74) is 1.24. The number of nitrogens with one attached hydrogen (secondary N) is 3. The molecule has 0 spiro atoms. The van der Waals surface area contributed by atoms with E-state index in [1.54, 1.807) is 0 Å². The zero-order valence-electron chi connectivity index (χ0n) is 5.72. The third-order valence-corrected chi connectivity index (χ3v) is 1.75. The van der Waals surface area contributed by atoms with Crippen molar-refractivity contribution in [2.75, 3.05) is 13.1 Å². The molecule has 0 aromatic rings. The largest absolute Gasteiger partial charge is 0.384 e. The first kappa shape index (κ1) is 5.80. The lowest BCUT2D eigenvalue weighted by Crippen LogP contribution is -2.53. The highest BCUT2D eigenvalue weighted by molar-refractivity contribution is 5.22. The van der Waals surface area contributed by atoms with Crippen molar-refractivity contribution in [1.29, 1.82) is 0 Å². The van der Waals surface area contributed by atoms with Crippen LogP contribution in [0, 0.1) is 0 Å². The molecule has 2 rings (SSSR count). The molecule has 0 aromatic carbocycles. The van der Waals surface area contributed by atoms with Gasteiger partial charge in [0.25, 0.3) is 0 Å². The van der Waals surface area contributed by atoms with Gasteiger partial charge in [-0.05, 0) is 18.4 Å². The van der Waals surface area contributed by atoms with Gasteiger partial charge in [-0.2, -0.15) is 0 Å². The van der Waals surface area contributed by atoms with Crippen molar-refractivity contribution in [3.05, 3.63) is 24.0 Å². The van der Waals surface area contributed by atoms with Gasteiger partial charge in [-0.15, -0.1) is 0 Å². The molecule has 0 saturated carbocycles. The van der Waals surface area contributed by atoms with Crippen LogP contribution in [-0.2, 0) is 0 Å². The van der Waals surface area contributed by atoms with Gasteiger partial charge in [-0.3, -0.25) is 5.32 Å². The Labute approximate surface area is 60.2 Å². The molecule has 0 aliphatic carbocycles. The summed E-state index contributed by atoms with van der Waals surface area (Å²) < 4.78 is 0.